The van der Waals surface area contributed by atoms with Crippen molar-refractivity contribution in [1.29, 1.82) is 0 Å². The lowest BCUT2D eigenvalue weighted by Gasteiger charge is -2.19. The van der Waals surface area contributed by atoms with E-state index in [1.807, 2.05) is 6.07 Å². The van der Waals surface area contributed by atoms with Gasteiger partial charge in [0.25, 0.3) is 0 Å². The molecule has 1 aromatic heterocycles. The summed E-state index contributed by atoms with van der Waals surface area (Å²) in [5, 5.41) is 9.85. The molecule has 2 N–H and O–H groups in total. The lowest BCUT2D eigenvalue weighted by atomic mass is 10.0. The number of nitrogens with zero attached hydrogens (tertiary/aromatic N) is 1. The molecule has 1 amide bonds. The van der Waals surface area contributed by atoms with E-state index in [9.17, 15) is 4.79 Å². The van der Waals surface area contributed by atoms with E-state index in [0.29, 0.717) is 12.3 Å². The standard InChI is InChI=1S/C16H19N3O/c1-10-3-4-12-8-11(2)16(14(12)7-10)18-15(20)9-13-5-6-17-19-13/h3-7,11,16H,8-9H2,1-2H3,(H,17,19)(H,18,20)/t11-,16+/m0/s1. The van der Waals surface area contributed by atoms with Crippen LogP contribution in [0.5, 0.6) is 0 Å². The number of H-pyrrole nitrogens is 1. The van der Waals surface area contributed by atoms with Crippen LogP contribution in [0.4, 0.5) is 0 Å². The second-order valence-corrected chi connectivity index (χ2v) is 5.69. The number of aromatic nitrogens is 2. The summed E-state index contributed by atoms with van der Waals surface area (Å²) < 4.78 is 0. The molecule has 2 aromatic rings. The molecule has 2 atom stereocenters. The van der Waals surface area contributed by atoms with E-state index in [4.69, 9.17) is 0 Å². The molecule has 4 heteroatoms. The van der Waals surface area contributed by atoms with Crippen LogP contribution in [0.2, 0.25) is 0 Å². The zero-order valence-electron chi connectivity index (χ0n) is 11.8. The second kappa shape index (κ2) is 5.12. The predicted molar refractivity (Wildman–Crippen MR) is 77.2 cm³/mol. The van der Waals surface area contributed by atoms with Gasteiger partial charge in [0.1, 0.15) is 0 Å². The number of benzene rings is 1. The zero-order valence-corrected chi connectivity index (χ0v) is 11.8. The van der Waals surface area contributed by atoms with Crippen LogP contribution in [0.3, 0.4) is 0 Å². The number of nitrogens with one attached hydrogen (secondary N) is 2. The summed E-state index contributed by atoms with van der Waals surface area (Å²) >= 11 is 0. The van der Waals surface area contributed by atoms with Crippen molar-refractivity contribution in [3.63, 3.8) is 0 Å². The number of aromatic amines is 1. The minimum absolute atomic E-state index is 0.0421. The summed E-state index contributed by atoms with van der Waals surface area (Å²) in [6, 6.07) is 8.47. The summed E-state index contributed by atoms with van der Waals surface area (Å²) in [4.78, 5) is 12.1. The van der Waals surface area contributed by atoms with E-state index in [2.05, 4.69) is 47.6 Å². The maximum Gasteiger partial charge on any atom is 0.226 e. The molecule has 0 spiro atoms. The monoisotopic (exact) mass is 269 g/mol. The van der Waals surface area contributed by atoms with Crippen molar-refractivity contribution in [1.82, 2.24) is 15.5 Å². The predicted octanol–water partition coefficient (Wildman–Crippen LogP) is 2.31. The average molecular weight is 269 g/mol. The van der Waals surface area contributed by atoms with Gasteiger partial charge in [-0.3, -0.25) is 9.89 Å². The molecule has 0 unspecified atom stereocenters. The van der Waals surface area contributed by atoms with Crippen molar-refractivity contribution < 1.29 is 4.79 Å². The van der Waals surface area contributed by atoms with Gasteiger partial charge in [0.05, 0.1) is 12.5 Å². The number of carbonyl (C=O) groups is 1. The van der Waals surface area contributed by atoms with Crippen molar-refractivity contribution in [2.75, 3.05) is 0 Å². The van der Waals surface area contributed by atoms with Crippen molar-refractivity contribution in [2.24, 2.45) is 5.92 Å². The van der Waals surface area contributed by atoms with Gasteiger partial charge in [-0.15, -0.1) is 0 Å². The number of amides is 1. The highest BCUT2D eigenvalue weighted by Gasteiger charge is 2.30. The quantitative estimate of drug-likeness (QED) is 0.898. The van der Waals surface area contributed by atoms with Gasteiger partial charge >= 0.3 is 0 Å². The van der Waals surface area contributed by atoms with Gasteiger partial charge in [-0.05, 0) is 36.5 Å². The highest BCUT2D eigenvalue weighted by molar-refractivity contribution is 5.78. The molecule has 1 aliphatic carbocycles. The summed E-state index contributed by atoms with van der Waals surface area (Å²) in [7, 11) is 0. The molecular formula is C16H19N3O. The first-order valence-electron chi connectivity index (χ1n) is 7.00. The lowest BCUT2D eigenvalue weighted by molar-refractivity contribution is -0.121. The Morgan fingerprint density at radius 3 is 3.05 bits per heavy atom. The maximum atomic E-state index is 12.1. The van der Waals surface area contributed by atoms with Crippen molar-refractivity contribution in [2.45, 2.75) is 32.7 Å². The Labute approximate surface area is 118 Å². The highest BCUT2D eigenvalue weighted by atomic mass is 16.1. The fourth-order valence-electron chi connectivity index (χ4n) is 2.96. The van der Waals surface area contributed by atoms with Crippen molar-refractivity contribution in [3.8, 4) is 0 Å². The molecular weight excluding hydrogens is 250 g/mol. The first-order valence-corrected chi connectivity index (χ1v) is 7.00. The largest absolute Gasteiger partial charge is 0.349 e. The summed E-state index contributed by atoms with van der Waals surface area (Å²) in [5.74, 6) is 0.484. The molecule has 1 aliphatic rings. The van der Waals surface area contributed by atoms with Crippen LogP contribution in [0.25, 0.3) is 0 Å². The fraction of sp³-hybridized carbons (Fsp3) is 0.375. The van der Waals surface area contributed by atoms with Crippen LogP contribution in [-0.2, 0) is 17.6 Å². The highest BCUT2D eigenvalue weighted by Crippen LogP contribution is 2.36. The summed E-state index contributed by atoms with van der Waals surface area (Å²) in [6.45, 7) is 4.28. The topological polar surface area (TPSA) is 57.8 Å². The van der Waals surface area contributed by atoms with Gasteiger partial charge in [0.15, 0.2) is 0 Å². The normalized spacial score (nSPS) is 20.7. The molecule has 1 aromatic carbocycles. The SMILES string of the molecule is Cc1ccc2c(c1)[C@H](NC(=O)Cc1ccn[nH]1)[C@@H](C)C2. The Bertz CT molecular complexity index is 619. The molecule has 104 valence electrons. The van der Waals surface area contributed by atoms with Crippen LogP contribution < -0.4 is 5.32 Å². The van der Waals surface area contributed by atoms with E-state index in [-0.39, 0.29) is 11.9 Å². The minimum Gasteiger partial charge on any atom is -0.349 e. The Morgan fingerprint density at radius 2 is 2.30 bits per heavy atom. The van der Waals surface area contributed by atoms with Crippen molar-refractivity contribution in [3.05, 3.63) is 52.8 Å². The van der Waals surface area contributed by atoms with Crippen molar-refractivity contribution >= 4 is 5.91 Å². The number of aryl methyl sites for hydroxylation is 1. The van der Waals surface area contributed by atoms with Gasteiger partial charge in [-0.1, -0.05) is 30.7 Å². The molecule has 0 radical (unpaired) electrons. The van der Waals surface area contributed by atoms with E-state index in [1.165, 1.54) is 16.7 Å². The third-order valence-corrected chi connectivity index (χ3v) is 3.97. The third-order valence-electron chi connectivity index (χ3n) is 3.97. The molecule has 0 bridgehead atoms. The van der Waals surface area contributed by atoms with Gasteiger partial charge in [0, 0.05) is 11.9 Å². The van der Waals surface area contributed by atoms with Gasteiger partial charge in [0.2, 0.25) is 5.91 Å². The number of carbonyl (C=O) groups excluding carboxylic acids is 1. The first kappa shape index (κ1) is 12.9. The minimum atomic E-state index is 0.0421. The number of rotatable bonds is 3. The van der Waals surface area contributed by atoms with E-state index < -0.39 is 0 Å². The van der Waals surface area contributed by atoms with Gasteiger partial charge < -0.3 is 5.32 Å². The lowest BCUT2D eigenvalue weighted by Crippen LogP contribution is -2.31. The number of fused-ring (bicyclic) bond motifs is 1. The van der Waals surface area contributed by atoms with Gasteiger partial charge in [-0.2, -0.15) is 5.10 Å². The molecule has 1 heterocycles. The first-order chi connectivity index (χ1) is 9.63. The number of hydrogen-bond donors (Lipinski definition) is 2. The van der Waals surface area contributed by atoms with Crippen LogP contribution >= 0.6 is 0 Å². The Kier molecular flexibility index (Phi) is 3.30. The van der Waals surface area contributed by atoms with E-state index in [0.717, 1.165) is 12.1 Å². The third kappa shape index (κ3) is 2.46. The van der Waals surface area contributed by atoms with Crippen LogP contribution in [0.15, 0.2) is 30.5 Å². The van der Waals surface area contributed by atoms with Gasteiger partial charge in [-0.25, -0.2) is 0 Å². The Hall–Kier alpha value is -2.10. The zero-order chi connectivity index (χ0) is 14.1. The molecule has 20 heavy (non-hydrogen) atoms. The molecule has 0 saturated carbocycles. The van der Waals surface area contributed by atoms with Crippen LogP contribution in [0.1, 0.15) is 35.3 Å². The maximum absolute atomic E-state index is 12.1. The molecule has 0 aliphatic heterocycles. The molecule has 3 rings (SSSR count). The smallest absolute Gasteiger partial charge is 0.226 e. The number of hydrogen-bond acceptors (Lipinski definition) is 2. The molecule has 0 saturated heterocycles. The van der Waals surface area contributed by atoms with Crippen LogP contribution in [0, 0.1) is 12.8 Å². The molecule has 4 nitrogen and oxygen atoms in total. The second-order valence-electron chi connectivity index (χ2n) is 5.69. The summed E-state index contributed by atoms with van der Waals surface area (Å²) in [6.07, 6.45) is 3.05. The summed E-state index contributed by atoms with van der Waals surface area (Å²) in [5.41, 5.74) is 4.72. The van der Waals surface area contributed by atoms with E-state index >= 15 is 0 Å². The average Bonchev–Trinajstić information content (AvgIpc) is 3.00. The fourth-order valence-corrected chi connectivity index (χ4v) is 2.96. The van der Waals surface area contributed by atoms with E-state index in [1.54, 1.807) is 6.20 Å². The molecule has 0 fully saturated rings. The Morgan fingerprint density at radius 1 is 1.45 bits per heavy atom. The Balaban J connectivity index is 1.74. The van der Waals surface area contributed by atoms with Crippen LogP contribution in [-0.4, -0.2) is 16.1 Å².